The summed E-state index contributed by atoms with van der Waals surface area (Å²) in [5, 5.41) is 3.20. The molecule has 0 spiro atoms. The first-order chi connectivity index (χ1) is 14.6. The minimum atomic E-state index is -0.0776. The van der Waals surface area contributed by atoms with Crippen molar-refractivity contribution in [3.63, 3.8) is 0 Å². The molecule has 0 bridgehead atoms. The highest BCUT2D eigenvalue weighted by molar-refractivity contribution is 5.95. The van der Waals surface area contributed by atoms with Crippen molar-refractivity contribution in [1.29, 1.82) is 0 Å². The first kappa shape index (κ1) is 20.3. The number of carbonyl (C=O) groups is 2. The molecule has 2 amide bonds. The fraction of sp³-hybridized carbons (Fsp3) is 0.478. The van der Waals surface area contributed by atoms with Gasteiger partial charge in [0.1, 0.15) is 17.3 Å². The Labute approximate surface area is 176 Å². The molecule has 1 aliphatic carbocycles. The second-order valence-electron chi connectivity index (χ2n) is 7.92. The van der Waals surface area contributed by atoms with Crippen molar-refractivity contribution in [2.45, 2.75) is 38.1 Å². The van der Waals surface area contributed by atoms with Crippen LogP contribution in [0, 0.1) is 5.92 Å². The van der Waals surface area contributed by atoms with E-state index in [2.05, 4.69) is 5.32 Å². The summed E-state index contributed by atoms with van der Waals surface area (Å²) >= 11 is 0. The van der Waals surface area contributed by atoms with Gasteiger partial charge in [0.15, 0.2) is 0 Å². The largest absolute Gasteiger partial charge is 0.497 e. The van der Waals surface area contributed by atoms with Gasteiger partial charge in [0.05, 0.1) is 26.5 Å². The van der Waals surface area contributed by atoms with Gasteiger partial charge in [0.2, 0.25) is 5.91 Å². The van der Waals surface area contributed by atoms with Gasteiger partial charge in [-0.05, 0) is 43.9 Å². The summed E-state index contributed by atoms with van der Waals surface area (Å²) in [6.45, 7) is 1.11. The molecule has 1 aliphatic heterocycles. The number of likely N-dealkylation sites (tertiary alicyclic amines) is 1. The van der Waals surface area contributed by atoms with Crippen LogP contribution < -0.4 is 14.8 Å². The van der Waals surface area contributed by atoms with E-state index in [1.807, 2.05) is 6.07 Å². The highest BCUT2D eigenvalue weighted by Gasteiger charge is 2.31. The van der Waals surface area contributed by atoms with Gasteiger partial charge in [0, 0.05) is 42.6 Å². The zero-order valence-electron chi connectivity index (χ0n) is 17.5. The fourth-order valence-corrected chi connectivity index (χ4v) is 4.38. The number of furan rings is 1. The van der Waals surface area contributed by atoms with Gasteiger partial charge in [-0.2, -0.15) is 0 Å². The van der Waals surface area contributed by atoms with Crippen LogP contribution in [0.3, 0.4) is 0 Å². The van der Waals surface area contributed by atoms with Gasteiger partial charge in [-0.1, -0.05) is 0 Å². The first-order valence-electron chi connectivity index (χ1n) is 10.5. The van der Waals surface area contributed by atoms with Crippen LogP contribution in [-0.2, 0) is 11.2 Å². The van der Waals surface area contributed by atoms with E-state index in [-0.39, 0.29) is 23.8 Å². The number of fused-ring (bicyclic) bond motifs is 1. The Morgan fingerprint density at radius 2 is 1.77 bits per heavy atom. The molecule has 1 fully saturated rings. The van der Waals surface area contributed by atoms with E-state index in [1.54, 1.807) is 43.6 Å². The SMILES string of the molecule is COc1cc(OC)cc(C(=O)N2CCC(C(=O)NC3CCCc4occc43)CC2)c1. The molecule has 1 saturated heterocycles. The van der Waals surface area contributed by atoms with E-state index in [9.17, 15) is 9.59 Å². The third-order valence-electron chi connectivity index (χ3n) is 6.12. The van der Waals surface area contributed by atoms with Gasteiger partial charge < -0.3 is 24.1 Å². The van der Waals surface area contributed by atoms with Crippen LogP contribution in [0.1, 0.15) is 53.4 Å². The number of carbonyl (C=O) groups excluding carboxylic acids is 2. The van der Waals surface area contributed by atoms with Crippen molar-refractivity contribution in [3.8, 4) is 11.5 Å². The molecule has 2 heterocycles. The molecule has 1 aromatic heterocycles. The van der Waals surface area contributed by atoms with Crippen LogP contribution in [0.5, 0.6) is 11.5 Å². The highest BCUT2D eigenvalue weighted by Crippen LogP contribution is 2.31. The number of methoxy groups -OCH3 is 2. The lowest BCUT2D eigenvalue weighted by molar-refractivity contribution is -0.127. The summed E-state index contributed by atoms with van der Waals surface area (Å²) < 4.78 is 16.0. The third-order valence-corrected chi connectivity index (χ3v) is 6.12. The van der Waals surface area contributed by atoms with Gasteiger partial charge >= 0.3 is 0 Å². The van der Waals surface area contributed by atoms with Crippen LogP contribution in [0.2, 0.25) is 0 Å². The summed E-state index contributed by atoms with van der Waals surface area (Å²) in [6.07, 6.45) is 5.90. The highest BCUT2D eigenvalue weighted by atomic mass is 16.5. The zero-order chi connectivity index (χ0) is 21.1. The Bertz CT molecular complexity index is 892. The van der Waals surface area contributed by atoms with Gasteiger partial charge in [-0.25, -0.2) is 0 Å². The topological polar surface area (TPSA) is 81.0 Å². The molecular formula is C23H28N2O5. The number of piperidine rings is 1. The number of ether oxygens (including phenoxy) is 2. The number of benzene rings is 1. The molecule has 1 N–H and O–H groups in total. The van der Waals surface area contributed by atoms with E-state index < -0.39 is 0 Å². The monoisotopic (exact) mass is 412 g/mol. The number of rotatable bonds is 5. The Hall–Kier alpha value is -2.96. The predicted molar refractivity (Wildman–Crippen MR) is 111 cm³/mol. The van der Waals surface area contributed by atoms with E-state index in [1.165, 1.54) is 0 Å². The summed E-state index contributed by atoms with van der Waals surface area (Å²) in [4.78, 5) is 27.6. The molecule has 7 nitrogen and oxygen atoms in total. The van der Waals surface area contributed by atoms with Crippen LogP contribution in [0.4, 0.5) is 0 Å². The molecule has 7 heteroatoms. The lowest BCUT2D eigenvalue weighted by Crippen LogP contribution is -2.44. The number of hydrogen-bond donors (Lipinski definition) is 1. The number of nitrogens with zero attached hydrogens (tertiary/aromatic N) is 1. The van der Waals surface area contributed by atoms with Gasteiger partial charge in [0.25, 0.3) is 5.91 Å². The molecule has 2 aromatic rings. The van der Waals surface area contributed by atoms with Gasteiger partial charge in [-0.3, -0.25) is 9.59 Å². The maximum absolute atomic E-state index is 12.9. The van der Waals surface area contributed by atoms with Crippen LogP contribution in [0.15, 0.2) is 34.9 Å². The van der Waals surface area contributed by atoms with Gasteiger partial charge in [-0.15, -0.1) is 0 Å². The molecule has 1 unspecified atom stereocenters. The van der Waals surface area contributed by atoms with Crippen molar-refractivity contribution < 1.29 is 23.5 Å². The maximum atomic E-state index is 12.9. The number of aryl methyl sites for hydroxylation is 1. The molecule has 160 valence electrons. The summed E-state index contributed by atoms with van der Waals surface area (Å²) in [7, 11) is 3.12. The summed E-state index contributed by atoms with van der Waals surface area (Å²) in [6, 6.07) is 7.17. The molecule has 0 radical (unpaired) electrons. The Morgan fingerprint density at radius 3 is 2.43 bits per heavy atom. The second kappa shape index (κ2) is 8.81. The number of nitrogens with one attached hydrogen (secondary N) is 1. The Morgan fingerprint density at radius 1 is 1.07 bits per heavy atom. The molecule has 4 rings (SSSR count). The average molecular weight is 412 g/mol. The zero-order valence-corrected chi connectivity index (χ0v) is 17.5. The van der Waals surface area contributed by atoms with Crippen molar-refractivity contribution >= 4 is 11.8 Å². The Kier molecular flexibility index (Phi) is 5.97. The fourth-order valence-electron chi connectivity index (χ4n) is 4.38. The van der Waals surface area contributed by atoms with Crippen molar-refractivity contribution in [1.82, 2.24) is 10.2 Å². The molecule has 0 saturated carbocycles. The molecule has 1 aromatic carbocycles. The molecule has 2 aliphatic rings. The lowest BCUT2D eigenvalue weighted by Gasteiger charge is -2.33. The maximum Gasteiger partial charge on any atom is 0.254 e. The summed E-state index contributed by atoms with van der Waals surface area (Å²) in [5.41, 5.74) is 1.64. The normalized spacial score (nSPS) is 19.1. The second-order valence-corrected chi connectivity index (χ2v) is 7.92. The smallest absolute Gasteiger partial charge is 0.254 e. The van der Waals surface area contributed by atoms with Crippen LogP contribution >= 0.6 is 0 Å². The van der Waals surface area contributed by atoms with E-state index in [0.717, 1.165) is 30.6 Å². The standard InChI is InChI=1S/C23H28N2O5/c1-28-17-12-16(13-18(14-17)29-2)23(27)25-9-6-15(7-10-25)22(26)24-20-4-3-5-21-19(20)8-11-30-21/h8,11-15,20H,3-7,9-10H2,1-2H3,(H,24,26). The van der Waals surface area contributed by atoms with E-state index >= 15 is 0 Å². The predicted octanol–water partition coefficient (Wildman–Crippen LogP) is 3.34. The molecule has 1 atom stereocenters. The minimum absolute atomic E-state index is 0.0314. The van der Waals surface area contributed by atoms with Crippen molar-refractivity contribution in [2.24, 2.45) is 5.92 Å². The first-order valence-corrected chi connectivity index (χ1v) is 10.5. The average Bonchev–Trinajstić information content (AvgIpc) is 3.28. The minimum Gasteiger partial charge on any atom is -0.497 e. The van der Waals surface area contributed by atoms with E-state index in [4.69, 9.17) is 13.9 Å². The van der Waals surface area contributed by atoms with Crippen LogP contribution in [-0.4, -0.2) is 44.0 Å². The van der Waals surface area contributed by atoms with Crippen molar-refractivity contribution in [3.05, 3.63) is 47.4 Å². The van der Waals surface area contributed by atoms with E-state index in [0.29, 0.717) is 43.0 Å². The molecular weight excluding hydrogens is 384 g/mol. The quantitative estimate of drug-likeness (QED) is 0.815. The third kappa shape index (κ3) is 4.15. The Balaban J connectivity index is 1.35. The van der Waals surface area contributed by atoms with Crippen molar-refractivity contribution in [2.75, 3.05) is 27.3 Å². The number of hydrogen-bond acceptors (Lipinski definition) is 5. The van der Waals surface area contributed by atoms with Crippen LogP contribution in [0.25, 0.3) is 0 Å². The molecule has 30 heavy (non-hydrogen) atoms. The number of amides is 2. The summed E-state index contributed by atoms with van der Waals surface area (Å²) in [5.74, 6) is 2.08. The lowest BCUT2D eigenvalue weighted by atomic mass is 9.91.